The highest BCUT2D eigenvalue weighted by Crippen LogP contribution is 2.22. The van der Waals surface area contributed by atoms with Crippen LogP contribution in [0.4, 0.5) is 5.95 Å². The number of nitrogens with zero attached hydrogens (tertiary/aromatic N) is 4. The highest BCUT2D eigenvalue weighted by Gasteiger charge is 2.26. The Kier molecular flexibility index (Phi) is 3.76. The summed E-state index contributed by atoms with van der Waals surface area (Å²) in [6.07, 6.45) is 5.00. The number of hydrogen-bond acceptors (Lipinski definition) is 5. The molecule has 0 bridgehead atoms. The predicted octanol–water partition coefficient (Wildman–Crippen LogP) is 0.705. The Bertz CT molecular complexity index is 419. The Morgan fingerprint density at radius 2 is 2.17 bits per heavy atom. The molecule has 1 aliphatic rings. The molecule has 1 aliphatic heterocycles. The molecule has 1 atom stereocenters. The average Bonchev–Trinajstić information content (AvgIpc) is 2.76. The van der Waals surface area contributed by atoms with Crippen molar-refractivity contribution >= 4 is 11.9 Å². The summed E-state index contributed by atoms with van der Waals surface area (Å²) >= 11 is 0. The van der Waals surface area contributed by atoms with Crippen LogP contribution in [0.1, 0.15) is 23.2 Å². The minimum atomic E-state index is -0.993. The monoisotopic (exact) mass is 250 g/mol. The van der Waals surface area contributed by atoms with Crippen molar-refractivity contribution in [3.8, 4) is 0 Å². The molecule has 0 aliphatic carbocycles. The van der Waals surface area contributed by atoms with Crippen molar-refractivity contribution < 1.29 is 9.90 Å². The van der Waals surface area contributed by atoms with Gasteiger partial charge in [0.15, 0.2) is 0 Å². The maximum Gasteiger partial charge on any atom is 0.338 e. The van der Waals surface area contributed by atoms with Crippen molar-refractivity contribution in [3.63, 3.8) is 0 Å². The van der Waals surface area contributed by atoms with Crippen molar-refractivity contribution in [2.45, 2.75) is 18.9 Å². The third-order valence-electron chi connectivity index (χ3n) is 3.10. The number of rotatable bonds is 4. The number of carboxylic acids is 1. The van der Waals surface area contributed by atoms with Gasteiger partial charge in [-0.15, -0.1) is 0 Å². The van der Waals surface area contributed by atoms with E-state index in [0.29, 0.717) is 12.0 Å². The van der Waals surface area contributed by atoms with Gasteiger partial charge in [-0.05, 0) is 26.9 Å². The molecule has 0 aromatic carbocycles. The van der Waals surface area contributed by atoms with Crippen LogP contribution in [-0.2, 0) is 0 Å². The number of likely N-dealkylation sites (N-methyl/N-ethyl adjacent to an activating group) is 1. The highest BCUT2D eigenvalue weighted by atomic mass is 16.4. The molecule has 1 N–H and O–H groups in total. The van der Waals surface area contributed by atoms with Gasteiger partial charge in [0.25, 0.3) is 0 Å². The van der Waals surface area contributed by atoms with E-state index in [1.807, 2.05) is 14.1 Å². The van der Waals surface area contributed by atoms with E-state index >= 15 is 0 Å². The molecule has 98 valence electrons. The number of aromatic carboxylic acids is 1. The second-order valence-corrected chi connectivity index (χ2v) is 4.83. The quantitative estimate of drug-likeness (QED) is 0.848. The molecule has 2 rings (SSSR count). The zero-order chi connectivity index (χ0) is 13.1. The van der Waals surface area contributed by atoms with Crippen LogP contribution in [0.25, 0.3) is 0 Å². The number of carbonyl (C=O) groups is 1. The maximum atomic E-state index is 10.7. The van der Waals surface area contributed by atoms with Gasteiger partial charge in [0, 0.05) is 31.5 Å². The number of carboxylic acid groups (broad SMARTS) is 1. The Balaban J connectivity index is 2.12. The summed E-state index contributed by atoms with van der Waals surface area (Å²) in [4.78, 5) is 23.4. The minimum absolute atomic E-state index is 0.127. The van der Waals surface area contributed by atoms with E-state index in [9.17, 15) is 4.79 Å². The molecule has 2 heterocycles. The van der Waals surface area contributed by atoms with E-state index in [4.69, 9.17) is 5.11 Å². The first kappa shape index (κ1) is 12.8. The Morgan fingerprint density at radius 1 is 1.50 bits per heavy atom. The van der Waals surface area contributed by atoms with Gasteiger partial charge in [-0.1, -0.05) is 0 Å². The second-order valence-electron chi connectivity index (χ2n) is 4.83. The molecule has 0 amide bonds. The van der Waals surface area contributed by atoms with Gasteiger partial charge in [-0.25, -0.2) is 14.8 Å². The summed E-state index contributed by atoms with van der Waals surface area (Å²) in [6, 6.07) is 0.413. The van der Waals surface area contributed by atoms with Gasteiger partial charge in [0.2, 0.25) is 5.95 Å². The Labute approximate surface area is 106 Å². The Hall–Kier alpha value is -1.69. The molecule has 1 aromatic rings. The SMILES string of the molecule is CN(C)CC1CCCN1c1ncc(C(=O)O)cn1. The number of anilines is 1. The van der Waals surface area contributed by atoms with Crippen LogP contribution < -0.4 is 4.90 Å². The van der Waals surface area contributed by atoms with Crippen molar-refractivity contribution in [1.29, 1.82) is 0 Å². The lowest BCUT2D eigenvalue weighted by molar-refractivity contribution is 0.0696. The first-order chi connectivity index (χ1) is 8.58. The van der Waals surface area contributed by atoms with Crippen LogP contribution in [0.3, 0.4) is 0 Å². The third-order valence-corrected chi connectivity index (χ3v) is 3.10. The van der Waals surface area contributed by atoms with Gasteiger partial charge in [-0.2, -0.15) is 0 Å². The molecular formula is C12H18N4O2. The van der Waals surface area contributed by atoms with Crippen LogP contribution in [0.2, 0.25) is 0 Å². The zero-order valence-electron chi connectivity index (χ0n) is 10.7. The van der Waals surface area contributed by atoms with Crippen molar-refractivity contribution in [1.82, 2.24) is 14.9 Å². The molecule has 1 unspecified atom stereocenters. The van der Waals surface area contributed by atoms with E-state index in [1.165, 1.54) is 12.4 Å². The van der Waals surface area contributed by atoms with E-state index in [-0.39, 0.29) is 5.56 Å². The number of aromatic nitrogens is 2. The fourth-order valence-corrected chi connectivity index (χ4v) is 2.29. The van der Waals surface area contributed by atoms with Crippen LogP contribution in [0.5, 0.6) is 0 Å². The molecule has 18 heavy (non-hydrogen) atoms. The van der Waals surface area contributed by atoms with E-state index in [1.54, 1.807) is 0 Å². The van der Waals surface area contributed by atoms with Gasteiger partial charge < -0.3 is 14.9 Å². The molecule has 6 nitrogen and oxygen atoms in total. The van der Waals surface area contributed by atoms with Crippen molar-refractivity contribution in [2.75, 3.05) is 32.1 Å². The average molecular weight is 250 g/mol. The minimum Gasteiger partial charge on any atom is -0.478 e. The summed E-state index contributed by atoms with van der Waals surface area (Å²) in [5.41, 5.74) is 0.127. The van der Waals surface area contributed by atoms with E-state index < -0.39 is 5.97 Å². The smallest absolute Gasteiger partial charge is 0.338 e. The van der Waals surface area contributed by atoms with Gasteiger partial charge in [0.05, 0.1) is 5.56 Å². The van der Waals surface area contributed by atoms with Gasteiger partial charge in [0.1, 0.15) is 0 Å². The normalized spacial score (nSPS) is 19.5. The highest BCUT2D eigenvalue weighted by molar-refractivity contribution is 5.86. The lowest BCUT2D eigenvalue weighted by Crippen LogP contribution is -2.38. The van der Waals surface area contributed by atoms with Crippen LogP contribution >= 0.6 is 0 Å². The second kappa shape index (κ2) is 5.30. The fourth-order valence-electron chi connectivity index (χ4n) is 2.29. The van der Waals surface area contributed by atoms with Gasteiger partial charge >= 0.3 is 5.97 Å². The molecular weight excluding hydrogens is 232 g/mol. The largest absolute Gasteiger partial charge is 0.478 e. The lowest BCUT2D eigenvalue weighted by atomic mass is 10.2. The topological polar surface area (TPSA) is 69.6 Å². The standard InChI is InChI=1S/C12H18N4O2/c1-15(2)8-10-4-3-5-16(10)12-13-6-9(7-14-12)11(17)18/h6-7,10H,3-5,8H2,1-2H3,(H,17,18). The molecule has 1 saturated heterocycles. The number of hydrogen-bond donors (Lipinski definition) is 1. The lowest BCUT2D eigenvalue weighted by Gasteiger charge is -2.26. The maximum absolute atomic E-state index is 10.7. The first-order valence-corrected chi connectivity index (χ1v) is 6.04. The Morgan fingerprint density at radius 3 is 2.72 bits per heavy atom. The summed E-state index contributed by atoms with van der Waals surface area (Å²) in [6.45, 7) is 1.90. The summed E-state index contributed by atoms with van der Waals surface area (Å²) in [7, 11) is 4.09. The van der Waals surface area contributed by atoms with Gasteiger partial charge in [-0.3, -0.25) is 0 Å². The third kappa shape index (κ3) is 2.76. The van der Waals surface area contributed by atoms with E-state index in [0.717, 1.165) is 25.9 Å². The van der Waals surface area contributed by atoms with Crippen molar-refractivity contribution in [3.05, 3.63) is 18.0 Å². The first-order valence-electron chi connectivity index (χ1n) is 6.04. The molecule has 1 aromatic heterocycles. The zero-order valence-corrected chi connectivity index (χ0v) is 10.7. The van der Waals surface area contributed by atoms with E-state index in [2.05, 4.69) is 19.8 Å². The fraction of sp³-hybridized carbons (Fsp3) is 0.583. The summed E-state index contributed by atoms with van der Waals surface area (Å²) < 4.78 is 0. The van der Waals surface area contributed by atoms with Crippen LogP contribution in [-0.4, -0.2) is 59.2 Å². The van der Waals surface area contributed by atoms with Crippen LogP contribution in [0.15, 0.2) is 12.4 Å². The van der Waals surface area contributed by atoms with Crippen LogP contribution in [0, 0.1) is 0 Å². The van der Waals surface area contributed by atoms with Crippen molar-refractivity contribution in [2.24, 2.45) is 0 Å². The molecule has 0 radical (unpaired) electrons. The molecule has 6 heteroatoms. The molecule has 0 saturated carbocycles. The summed E-state index contributed by atoms with van der Waals surface area (Å²) in [5, 5.41) is 8.81. The molecule has 1 fully saturated rings. The molecule has 0 spiro atoms. The predicted molar refractivity (Wildman–Crippen MR) is 67.9 cm³/mol. The summed E-state index contributed by atoms with van der Waals surface area (Å²) in [5.74, 6) is -0.364.